The predicted molar refractivity (Wildman–Crippen MR) is 68.2 cm³/mol. The minimum absolute atomic E-state index is 0.240. The highest BCUT2D eigenvalue weighted by atomic mass is 79.9. The molecule has 0 spiro atoms. The molecule has 1 aliphatic heterocycles. The van der Waals surface area contributed by atoms with Crippen LogP contribution in [0, 0.1) is 11.7 Å². The summed E-state index contributed by atoms with van der Waals surface area (Å²) < 4.78 is 13.6. The summed E-state index contributed by atoms with van der Waals surface area (Å²) in [4.78, 5) is 0. The maximum atomic E-state index is 12.9. The van der Waals surface area contributed by atoms with Crippen LogP contribution in [0.5, 0.6) is 0 Å². The molecule has 5 heteroatoms. The van der Waals surface area contributed by atoms with E-state index in [1.807, 2.05) is 0 Å². The smallest absolute Gasteiger partial charge is 0.124 e. The van der Waals surface area contributed by atoms with Gasteiger partial charge in [0.1, 0.15) is 5.82 Å². The first kappa shape index (κ1) is 13.0. The Kier molecular flexibility index (Phi) is 4.50. The number of halogens is 2. The van der Waals surface area contributed by atoms with Crippen LogP contribution < -0.4 is 10.6 Å². The van der Waals surface area contributed by atoms with Crippen LogP contribution >= 0.6 is 15.9 Å². The quantitative estimate of drug-likeness (QED) is 0.784. The van der Waals surface area contributed by atoms with Crippen molar-refractivity contribution >= 4 is 15.9 Å². The molecule has 94 valence electrons. The average Bonchev–Trinajstić information content (AvgIpc) is 2.68. The monoisotopic (exact) mass is 302 g/mol. The van der Waals surface area contributed by atoms with E-state index in [4.69, 9.17) is 0 Å². The van der Waals surface area contributed by atoms with Gasteiger partial charge in [-0.05, 0) is 17.7 Å². The van der Waals surface area contributed by atoms with Crippen molar-refractivity contribution in [1.82, 2.24) is 10.6 Å². The van der Waals surface area contributed by atoms with Crippen molar-refractivity contribution in [2.45, 2.75) is 12.6 Å². The van der Waals surface area contributed by atoms with E-state index in [0.717, 1.165) is 23.1 Å². The van der Waals surface area contributed by atoms with Crippen LogP contribution in [0.25, 0.3) is 0 Å². The van der Waals surface area contributed by atoms with E-state index in [1.165, 1.54) is 12.1 Å². The van der Waals surface area contributed by atoms with Crippen molar-refractivity contribution in [3.8, 4) is 0 Å². The number of β-amino-alcohol motifs (C(OH)–C–C–N with tert-alkyl or cyclic N) is 1. The van der Waals surface area contributed by atoms with E-state index in [-0.39, 0.29) is 17.8 Å². The van der Waals surface area contributed by atoms with E-state index < -0.39 is 0 Å². The molecule has 1 heterocycles. The van der Waals surface area contributed by atoms with Crippen molar-refractivity contribution in [2.75, 3.05) is 19.6 Å². The fraction of sp³-hybridized carbons (Fsp3) is 0.500. The molecule has 2 rings (SSSR count). The lowest BCUT2D eigenvalue weighted by Crippen LogP contribution is -2.30. The summed E-state index contributed by atoms with van der Waals surface area (Å²) in [5.41, 5.74) is 1.02. The maximum Gasteiger partial charge on any atom is 0.124 e. The molecular weight excluding hydrogens is 287 g/mol. The normalized spacial score (nSPS) is 24.2. The lowest BCUT2D eigenvalue weighted by atomic mass is 10.1. The SMILES string of the molecule is OC1CNCC1CNCc1ccc(F)cc1Br. The number of nitrogens with one attached hydrogen (secondary N) is 2. The number of rotatable bonds is 4. The molecule has 2 atom stereocenters. The molecule has 0 aromatic heterocycles. The molecule has 0 radical (unpaired) electrons. The maximum absolute atomic E-state index is 12.9. The highest BCUT2D eigenvalue weighted by molar-refractivity contribution is 9.10. The van der Waals surface area contributed by atoms with Crippen LogP contribution in [-0.2, 0) is 6.54 Å². The molecule has 0 bridgehead atoms. The van der Waals surface area contributed by atoms with Gasteiger partial charge in [0, 0.05) is 36.6 Å². The van der Waals surface area contributed by atoms with Gasteiger partial charge in [-0.15, -0.1) is 0 Å². The minimum atomic E-state index is -0.265. The molecule has 3 N–H and O–H groups in total. The molecule has 17 heavy (non-hydrogen) atoms. The first-order valence-corrected chi connectivity index (χ1v) is 6.49. The Morgan fingerprint density at radius 1 is 1.47 bits per heavy atom. The number of hydrogen-bond donors (Lipinski definition) is 3. The Bertz CT molecular complexity index is 389. The second kappa shape index (κ2) is 5.91. The summed E-state index contributed by atoms with van der Waals surface area (Å²) in [7, 11) is 0. The van der Waals surface area contributed by atoms with Gasteiger partial charge in [-0.3, -0.25) is 0 Å². The lowest BCUT2D eigenvalue weighted by molar-refractivity contribution is 0.146. The number of aliphatic hydroxyl groups excluding tert-OH is 1. The molecular formula is C12H16BrFN2O. The fourth-order valence-electron chi connectivity index (χ4n) is 1.98. The van der Waals surface area contributed by atoms with Crippen LogP contribution in [0.4, 0.5) is 4.39 Å². The Morgan fingerprint density at radius 2 is 2.29 bits per heavy atom. The summed E-state index contributed by atoms with van der Waals surface area (Å²) in [5, 5.41) is 16.0. The number of aliphatic hydroxyl groups is 1. The van der Waals surface area contributed by atoms with Gasteiger partial charge in [-0.1, -0.05) is 22.0 Å². The zero-order valence-electron chi connectivity index (χ0n) is 9.42. The Hall–Kier alpha value is -0.490. The average molecular weight is 303 g/mol. The van der Waals surface area contributed by atoms with Crippen molar-refractivity contribution < 1.29 is 9.50 Å². The van der Waals surface area contributed by atoms with Crippen molar-refractivity contribution in [3.63, 3.8) is 0 Å². The van der Waals surface area contributed by atoms with E-state index in [0.29, 0.717) is 13.1 Å². The van der Waals surface area contributed by atoms with Gasteiger partial charge in [-0.2, -0.15) is 0 Å². The molecule has 2 unspecified atom stereocenters. The van der Waals surface area contributed by atoms with E-state index >= 15 is 0 Å². The summed E-state index contributed by atoms with van der Waals surface area (Å²) in [5.74, 6) is 0.0188. The molecule has 1 aromatic rings. The van der Waals surface area contributed by atoms with Gasteiger partial charge in [-0.25, -0.2) is 4.39 Å². The fourth-order valence-corrected chi connectivity index (χ4v) is 2.48. The highest BCUT2D eigenvalue weighted by Crippen LogP contribution is 2.18. The molecule has 1 aliphatic rings. The van der Waals surface area contributed by atoms with Crippen LogP contribution in [0.15, 0.2) is 22.7 Å². The van der Waals surface area contributed by atoms with Gasteiger partial charge in [0.2, 0.25) is 0 Å². The van der Waals surface area contributed by atoms with Crippen molar-refractivity contribution in [1.29, 1.82) is 0 Å². The van der Waals surface area contributed by atoms with Gasteiger partial charge in [0.25, 0.3) is 0 Å². The van der Waals surface area contributed by atoms with Crippen LogP contribution in [0.2, 0.25) is 0 Å². The summed E-state index contributed by atoms with van der Waals surface area (Å²) in [6, 6.07) is 4.67. The molecule has 0 amide bonds. The predicted octanol–water partition coefficient (Wildman–Crippen LogP) is 1.26. The Balaban J connectivity index is 1.81. The zero-order valence-corrected chi connectivity index (χ0v) is 11.0. The third kappa shape index (κ3) is 3.48. The highest BCUT2D eigenvalue weighted by Gasteiger charge is 2.24. The van der Waals surface area contributed by atoms with E-state index in [1.54, 1.807) is 6.07 Å². The standard InChI is InChI=1S/C12H16BrFN2O/c13-11-3-10(14)2-1-8(11)4-15-5-9-6-16-7-12(9)17/h1-3,9,12,15-17H,4-7H2. The van der Waals surface area contributed by atoms with Crippen LogP contribution in [0.3, 0.4) is 0 Å². The van der Waals surface area contributed by atoms with Crippen molar-refractivity contribution in [2.24, 2.45) is 5.92 Å². The van der Waals surface area contributed by atoms with Gasteiger partial charge in [0.05, 0.1) is 6.10 Å². The minimum Gasteiger partial charge on any atom is -0.391 e. The van der Waals surface area contributed by atoms with Gasteiger partial charge >= 0.3 is 0 Å². The molecule has 1 fully saturated rings. The third-order valence-corrected chi connectivity index (χ3v) is 3.78. The number of hydrogen-bond acceptors (Lipinski definition) is 3. The lowest BCUT2D eigenvalue weighted by Gasteiger charge is -2.14. The van der Waals surface area contributed by atoms with Gasteiger partial charge < -0.3 is 15.7 Å². The van der Waals surface area contributed by atoms with Gasteiger partial charge in [0.15, 0.2) is 0 Å². The Morgan fingerprint density at radius 3 is 2.94 bits per heavy atom. The van der Waals surface area contributed by atoms with Crippen LogP contribution in [0.1, 0.15) is 5.56 Å². The Labute approximate surface area is 109 Å². The molecule has 1 saturated heterocycles. The zero-order chi connectivity index (χ0) is 12.3. The number of benzene rings is 1. The topological polar surface area (TPSA) is 44.3 Å². The summed E-state index contributed by atoms with van der Waals surface area (Å²) in [6.07, 6.45) is -0.265. The molecule has 1 aromatic carbocycles. The summed E-state index contributed by atoms with van der Waals surface area (Å²) in [6.45, 7) is 2.95. The van der Waals surface area contributed by atoms with E-state index in [9.17, 15) is 9.50 Å². The second-order valence-electron chi connectivity index (χ2n) is 4.35. The van der Waals surface area contributed by atoms with E-state index in [2.05, 4.69) is 26.6 Å². The molecule has 0 saturated carbocycles. The first-order chi connectivity index (χ1) is 8.16. The first-order valence-electron chi connectivity index (χ1n) is 5.70. The molecule has 0 aliphatic carbocycles. The van der Waals surface area contributed by atoms with Crippen molar-refractivity contribution in [3.05, 3.63) is 34.1 Å². The molecule has 3 nitrogen and oxygen atoms in total. The second-order valence-corrected chi connectivity index (χ2v) is 5.21. The third-order valence-electron chi connectivity index (χ3n) is 3.04. The van der Waals surface area contributed by atoms with Crippen LogP contribution in [-0.4, -0.2) is 30.8 Å². The summed E-state index contributed by atoms with van der Waals surface area (Å²) >= 11 is 3.33. The largest absolute Gasteiger partial charge is 0.391 e.